The average molecular weight is 496 g/mol. The number of para-hydroxylation sites is 3. The monoisotopic (exact) mass is 495 g/mol. The summed E-state index contributed by atoms with van der Waals surface area (Å²) in [5.41, 5.74) is 4.32. The fourth-order valence-electron chi connectivity index (χ4n) is 5.13. The van der Waals surface area contributed by atoms with Crippen LogP contribution in [0, 0.1) is 5.92 Å². The highest BCUT2D eigenvalue weighted by atomic mass is 32.2. The molecule has 4 aliphatic rings. The van der Waals surface area contributed by atoms with Crippen LogP contribution >= 0.6 is 11.8 Å². The number of thioether (sulfide) groups is 1. The van der Waals surface area contributed by atoms with Crippen molar-refractivity contribution in [2.75, 3.05) is 38.0 Å². The lowest BCUT2D eigenvalue weighted by Crippen LogP contribution is -2.44. The molecular weight excluding hydrogens is 470 g/mol. The zero-order valence-corrected chi connectivity index (χ0v) is 20.5. The van der Waals surface area contributed by atoms with E-state index in [-0.39, 0.29) is 17.1 Å². The van der Waals surface area contributed by atoms with Crippen molar-refractivity contribution >= 4 is 44.5 Å². The predicted octanol–water partition coefficient (Wildman–Crippen LogP) is 3.34. The van der Waals surface area contributed by atoms with E-state index < -0.39 is 0 Å². The smallest absolute Gasteiger partial charge is 0.275 e. The van der Waals surface area contributed by atoms with E-state index in [9.17, 15) is 4.79 Å². The molecular formula is C27H25N7OS. The number of carbonyl (C=O) groups excluding carboxylic acids is 1. The highest BCUT2D eigenvalue weighted by molar-refractivity contribution is 8.27. The molecule has 7 rings (SSSR count). The lowest BCUT2D eigenvalue weighted by Gasteiger charge is -2.28. The highest BCUT2D eigenvalue weighted by Gasteiger charge is 2.62. The van der Waals surface area contributed by atoms with Crippen molar-refractivity contribution < 1.29 is 4.79 Å². The van der Waals surface area contributed by atoms with Crippen LogP contribution in [0.3, 0.4) is 0 Å². The molecule has 2 unspecified atom stereocenters. The molecule has 0 bridgehead atoms. The molecule has 2 N–H and O–H groups in total. The third-order valence-corrected chi connectivity index (χ3v) is 8.31. The second-order valence-corrected chi connectivity index (χ2v) is 10.6. The maximum Gasteiger partial charge on any atom is 0.275 e. The van der Waals surface area contributed by atoms with Gasteiger partial charge in [0, 0.05) is 44.2 Å². The Bertz CT molecular complexity index is 1480. The Balaban J connectivity index is 1.12. The van der Waals surface area contributed by atoms with E-state index in [1.165, 1.54) is 6.20 Å². The van der Waals surface area contributed by atoms with Crippen LogP contribution in [0.4, 0.5) is 5.69 Å². The van der Waals surface area contributed by atoms with Crippen LogP contribution in [-0.4, -0.2) is 69.1 Å². The molecule has 3 aromatic rings. The summed E-state index contributed by atoms with van der Waals surface area (Å²) in [6.07, 6.45) is 4.85. The lowest BCUT2D eigenvalue weighted by molar-refractivity contribution is 0.102. The molecule has 180 valence electrons. The van der Waals surface area contributed by atoms with Crippen LogP contribution < -0.4 is 10.6 Å². The van der Waals surface area contributed by atoms with Gasteiger partial charge in [0.2, 0.25) is 0 Å². The molecule has 2 aromatic carbocycles. The van der Waals surface area contributed by atoms with E-state index in [1.54, 1.807) is 11.8 Å². The summed E-state index contributed by atoms with van der Waals surface area (Å²) in [6.45, 7) is 5.08. The van der Waals surface area contributed by atoms with Crippen LogP contribution in [0.2, 0.25) is 0 Å². The Morgan fingerprint density at radius 2 is 1.92 bits per heavy atom. The topological polar surface area (TPSA) is 94.9 Å². The molecule has 1 saturated carbocycles. The van der Waals surface area contributed by atoms with Gasteiger partial charge in [-0.25, -0.2) is 9.98 Å². The minimum absolute atomic E-state index is 0.201. The third-order valence-electron chi connectivity index (χ3n) is 7.17. The number of fused-ring (bicyclic) bond motifs is 1. The zero-order chi connectivity index (χ0) is 24.1. The van der Waals surface area contributed by atoms with Crippen molar-refractivity contribution in [3.63, 3.8) is 0 Å². The molecule has 8 nitrogen and oxygen atoms in total. The van der Waals surface area contributed by atoms with Crippen molar-refractivity contribution in [3.05, 3.63) is 77.8 Å². The minimum atomic E-state index is -0.290. The van der Waals surface area contributed by atoms with E-state index in [0.29, 0.717) is 17.1 Å². The Hall–Kier alpha value is -3.40. The molecule has 1 amide bonds. The molecule has 4 heterocycles. The summed E-state index contributed by atoms with van der Waals surface area (Å²) in [6, 6.07) is 15.3. The van der Waals surface area contributed by atoms with Gasteiger partial charge in [0.1, 0.15) is 21.3 Å². The first-order chi connectivity index (χ1) is 17.7. The molecule has 9 heteroatoms. The number of hydrogen-bond acceptors (Lipinski definition) is 8. The standard InChI is InChI=1S/C27H25N7OS/c35-24(23-15-29-21-7-3-4-8-22(21)31-23)32-20-6-2-1-5-19(20)25-33-27-14-17(27)13-18(30-26(27)36-25)16-34-11-9-28-10-12-34/h1-8,13,15,17,28H,9-12,14,16H2,(H,32,35). The Labute approximate surface area is 213 Å². The molecule has 3 aliphatic heterocycles. The maximum absolute atomic E-state index is 13.1. The summed E-state index contributed by atoms with van der Waals surface area (Å²) in [4.78, 5) is 34.6. The zero-order valence-electron chi connectivity index (χ0n) is 19.6. The number of anilines is 1. The summed E-state index contributed by atoms with van der Waals surface area (Å²) in [7, 11) is 0. The number of rotatable bonds is 5. The van der Waals surface area contributed by atoms with Gasteiger partial charge < -0.3 is 10.6 Å². The SMILES string of the molecule is O=C(Nc1ccccc1C1=NC23CC2C=C(CN2CCNCC2)N=C3S1)c1cnc2ccccc2n1. The van der Waals surface area contributed by atoms with Crippen LogP contribution in [0.5, 0.6) is 0 Å². The van der Waals surface area contributed by atoms with Crippen LogP contribution in [0.25, 0.3) is 11.0 Å². The molecule has 0 radical (unpaired) electrons. The Kier molecular flexibility index (Phi) is 5.23. The normalized spacial score (nSPS) is 24.9. The van der Waals surface area contributed by atoms with E-state index in [4.69, 9.17) is 9.98 Å². The van der Waals surface area contributed by atoms with E-state index >= 15 is 0 Å². The van der Waals surface area contributed by atoms with Gasteiger partial charge in [-0.3, -0.25) is 19.7 Å². The van der Waals surface area contributed by atoms with E-state index in [1.807, 2.05) is 48.5 Å². The van der Waals surface area contributed by atoms with Crippen LogP contribution in [0.15, 0.2) is 76.5 Å². The fraction of sp³-hybridized carbons (Fsp3) is 0.296. The molecule has 1 saturated heterocycles. The van der Waals surface area contributed by atoms with Crippen molar-refractivity contribution in [2.24, 2.45) is 15.9 Å². The van der Waals surface area contributed by atoms with Crippen LogP contribution in [-0.2, 0) is 0 Å². The molecule has 36 heavy (non-hydrogen) atoms. The third kappa shape index (κ3) is 3.84. The van der Waals surface area contributed by atoms with E-state index in [0.717, 1.165) is 66.0 Å². The second kappa shape index (κ2) is 8.62. The first-order valence-electron chi connectivity index (χ1n) is 12.3. The molecule has 1 aromatic heterocycles. The number of aliphatic imine (C=N–C) groups is 2. The number of amides is 1. The van der Waals surface area contributed by atoms with Gasteiger partial charge in [-0.2, -0.15) is 0 Å². The quantitative estimate of drug-likeness (QED) is 0.564. The number of aromatic nitrogens is 2. The van der Waals surface area contributed by atoms with Gasteiger partial charge >= 0.3 is 0 Å². The second-order valence-electron chi connectivity index (χ2n) is 9.60. The van der Waals surface area contributed by atoms with Gasteiger partial charge in [0.15, 0.2) is 0 Å². The number of piperazine rings is 1. The first-order valence-corrected chi connectivity index (χ1v) is 13.1. The van der Waals surface area contributed by atoms with Crippen molar-refractivity contribution in [2.45, 2.75) is 12.0 Å². The Morgan fingerprint density at radius 3 is 2.81 bits per heavy atom. The summed E-state index contributed by atoms with van der Waals surface area (Å²) < 4.78 is 0. The fourth-order valence-corrected chi connectivity index (χ4v) is 6.43. The lowest BCUT2D eigenvalue weighted by atomic mass is 10.1. The number of nitrogens with zero attached hydrogens (tertiary/aromatic N) is 5. The minimum Gasteiger partial charge on any atom is -0.320 e. The number of carbonyl (C=O) groups is 1. The van der Waals surface area contributed by atoms with Crippen LogP contribution in [0.1, 0.15) is 22.5 Å². The van der Waals surface area contributed by atoms with E-state index in [2.05, 4.69) is 31.6 Å². The number of hydrogen-bond donors (Lipinski definition) is 2. The van der Waals surface area contributed by atoms with Crippen molar-refractivity contribution in [3.8, 4) is 0 Å². The number of nitrogens with one attached hydrogen (secondary N) is 2. The molecule has 2 fully saturated rings. The van der Waals surface area contributed by atoms with Gasteiger partial charge in [-0.15, -0.1) is 0 Å². The number of benzene rings is 2. The summed E-state index contributed by atoms with van der Waals surface area (Å²) in [5.74, 6) is 0.129. The summed E-state index contributed by atoms with van der Waals surface area (Å²) in [5, 5.41) is 8.45. The average Bonchev–Trinajstić information content (AvgIpc) is 3.50. The Morgan fingerprint density at radius 1 is 1.11 bits per heavy atom. The highest BCUT2D eigenvalue weighted by Crippen LogP contribution is 2.58. The van der Waals surface area contributed by atoms with Gasteiger partial charge in [0.25, 0.3) is 5.91 Å². The molecule has 1 aliphatic carbocycles. The molecule has 2 atom stereocenters. The van der Waals surface area contributed by atoms with Crippen molar-refractivity contribution in [1.82, 2.24) is 20.2 Å². The van der Waals surface area contributed by atoms with Gasteiger partial charge in [0.05, 0.1) is 28.6 Å². The molecule has 1 spiro atoms. The van der Waals surface area contributed by atoms with Gasteiger partial charge in [-0.1, -0.05) is 48.2 Å². The first kappa shape index (κ1) is 21.8. The summed E-state index contributed by atoms with van der Waals surface area (Å²) >= 11 is 1.64. The predicted molar refractivity (Wildman–Crippen MR) is 144 cm³/mol. The van der Waals surface area contributed by atoms with Gasteiger partial charge in [-0.05, 0) is 24.6 Å². The van der Waals surface area contributed by atoms with Crippen molar-refractivity contribution in [1.29, 1.82) is 0 Å². The maximum atomic E-state index is 13.1. The largest absolute Gasteiger partial charge is 0.320 e.